The predicted octanol–water partition coefficient (Wildman–Crippen LogP) is 2.04. The molecule has 3 aliphatic heterocycles. The van der Waals surface area contributed by atoms with Gasteiger partial charge in [0.2, 0.25) is 5.91 Å². The van der Waals surface area contributed by atoms with Gasteiger partial charge in [-0.15, -0.1) is 0 Å². The number of rotatable bonds is 4. The predicted molar refractivity (Wildman–Crippen MR) is 109 cm³/mol. The summed E-state index contributed by atoms with van der Waals surface area (Å²) in [4.78, 5) is 39.5. The average molecular weight is 442 g/mol. The summed E-state index contributed by atoms with van der Waals surface area (Å²) >= 11 is 6.06. The standard InChI is InChI=1S/C20H16ClN5O5/c21-12-3-1-2-4-13(12)22-16(27)10-25-18-17(23-24-25)19(28)26(20(18)29)11-5-6-14-15(9-11)31-8-7-30-14/h1-6,9,17-18H,7-8,10H2,(H,22,27)/t17-,18-/m0/s1. The number of para-hydroxylation sites is 1. The van der Waals surface area contributed by atoms with Gasteiger partial charge in [-0.05, 0) is 24.3 Å². The molecule has 10 nitrogen and oxygen atoms in total. The van der Waals surface area contributed by atoms with Gasteiger partial charge in [0.05, 0.1) is 16.4 Å². The monoisotopic (exact) mass is 441 g/mol. The quantitative estimate of drug-likeness (QED) is 0.726. The molecule has 1 saturated heterocycles. The molecule has 3 aliphatic rings. The highest BCUT2D eigenvalue weighted by Gasteiger charge is 2.55. The number of carbonyl (C=O) groups is 3. The molecular formula is C20H16ClN5O5. The van der Waals surface area contributed by atoms with Crippen LogP contribution in [0.15, 0.2) is 52.8 Å². The summed E-state index contributed by atoms with van der Waals surface area (Å²) in [5.41, 5.74) is 0.790. The Bertz CT molecular complexity index is 1120. The van der Waals surface area contributed by atoms with Crippen LogP contribution in [0.3, 0.4) is 0 Å². The van der Waals surface area contributed by atoms with Crippen molar-refractivity contribution in [3.05, 3.63) is 47.5 Å². The van der Waals surface area contributed by atoms with E-state index in [0.717, 1.165) is 4.90 Å². The minimum atomic E-state index is -1.01. The Morgan fingerprint density at radius 2 is 1.87 bits per heavy atom. The lowest BCUT2D eigenvalue weighted by Crippen LogP contribution is -2.43. The molecule has 158 valence electrons. The molecule has 0 saturated carbocycles. The summed E-state index contributed by atoms with van der Waals surface area (Å²) in [6.45, 7) is 0.555. The molecule has 11 heteroatoms. The van der Waals surface area contributed by atoms with Crippen molar-refractivity contribution in [3.63, 3.8) is 0 Å². The summed E-state index contributed by atoms with van der Waals surface area (Å²) in [6.07, 6.45) is 0. The van der Waals surface area contributed by atoms with Crippen LogP contribution in [0, 0.1) is 0 Å². The van der Waals surface area contributed by atoms with Crippen molar-refractivity contribution < 1.29 is 23.9 Å². The second kappa shape index (κ2) is 7.55. The van der Waals surface area contributed by atoms with Gasteiger partial charge in [0, 0.05) is 6.07 Å². The highest BCUT2D eigenvalue weighted by atomic mass is 35.5. The molecule has 3 heterocycles. The van der Waals surface area contributed by atoms with E-state index < -0.39 is 29.8 Å². The molecule has 2 aromatic carbocycles. The van der Waals surface area contributed by atoms with Crippen molar-refractivity contribution in [1.82, 2.24) is 5.01 Å². The minimum absolute atomic E-state index is 0.260. The number of ether oxygens (including phenoxy) is 2. The number of nitrogens with zero attached hydrogens (tertiary/aromatic N) is 4. The SMILES string of the molecule is O=C(CN1N=N[C@@H]2C(=O)N(c3ccc4c(c3)OCCO4)C(=O)[C@H]21)Nc1ccccc1Cl. The fraction of sp³-hybridized carbons (Fsp3) is 0.250. The number of hydrogen-bond acceptors (Lipinski definition) is 8. The number of hydrogen-bond donors (Lipinski definition) is 1. The second-order valence-electron chi connectivity index (χ2n) is 7.06. The lowest BCUT2D eigenvalue weighted by atomic mass is 10.1. The lowest BCUT2D eigenvalue weighted by Gasteiger charge is -2.22. The van der Waals surface area contributed by atoms with Gasteiger partial charge in [0.15, 0.2) is 23.6 Å². The van der Waals surface area contributed by atoms with Crippen LogP contribution in [0.25, 0.3) is 0 Å². The first-order valence-corrected chi connectivity index (χ1v) is 9.90. The van der Waals surface area contributed by atoms with Gasteiger partial charge in [0.1, 0.15) is 19.8 Å². The molecule has 0 bridgehead atoms. The zero-order chi connectivity index (χ0) is 21.5. The van der Waals surface area contributed by atoms with E-state index in [-0.39, 0.29) is 6.54 Å². The molecule has 1 N–H and O–H groups in total. The lowest BCUT2D eigenvalue weighted by molar-refractivity contribution is -0.123. The van der Waals surface area contributed by atoms with E-state index in [1.165, 1.54) is 5.01 Å². The first kappa shape index (κ1) is 19.3. The average Bonchev–Trinajstić information content (AvgIpc) is 3.29. The topological polar surface area (TPSA) is 113 Å². The second-order valence-corrected chi connectivity index (χ2v) is 7.47. The van der Waals surface area contributed by atoms with Crippen molar-refractivity contribution in [1.29, 1.82) is 0 Å². The third-order valence-electron chi connectivity index (χ3n) is 5.10. The molecule has 0 unspecified atom stereocenters. The minimum Gasteiger partial charge on any atom is -0.486 e. The molecule has 2 atom stereocenters. The van der Waals surface area contributed by atoms with Crippen molar-refractivity contribution in [2.24, 2.45) is 10.3 Å². The zero-order valence-electron chi connectivity index (χ0n) is 16.0. The number of nitrogens with one attached hydrogen (secondary N) is 1. The molecule has 1 fully saturated rings. The fourth-order valence-corrected chi connectivity index (χ4v) is 3.86. The molecule has 0 aliphatic carbocycles. The number of imide groups is 1. The maximum absolute atomic E-state index is 13.1. The normalized spacial score (nSPS) is 21.5. The van der Waals surface area contributed by atoms with E-state index >= 15 is 0 Å². The molecule has 2 aromatic rings. The van der Waals surface area contributed by atoms with E-state index in [0.29, 0.717) is 41.1 Å². The highest BCUT2D eigenvalue weighted by Crippen LogP contribution is 2.37. The van der Waals surface area contributed by atoms with Crippen LogP contribution >= 0.6 is 11.6 Å². The van der Waals surface area contributed by atoms with Crippen LogP contribution in [0.5, 0.6) is 11.5 Å². The highest BCUT2D eigenvalue weighted by molar-refractivity contribution is 6.33. The van der Waals surface area contributed by atoms with Crippen molar-refractivity contribution in [3.8, 4) is 11.5 Å². The number of amides is 3. The van der Waals surface area contributed by atoms with E-state index in [2.05, 4.69) is 15.7 Å². The van der Waals surface area contributed by atoms with E-state index in [4.69, 9.17) is 21.1 Å². The number of anilines is 2. The number of carbonyl (C=O) groups excluding carboxylic acids is 3. The van der Waals surface area contributed by atoms with E-state index in [9.17, 15) is 14.4 Å². The molecular weight excluding hydrogens is 426 g/mol. The Balaban J connectivity index is 1.33. The van der Waals surface area contributed by atoms with Gasteiger partial charge in [-0.3, -0.25) is 19.4 Å². The summed E-state index contributed by atoms with van der Waals surface area (Å²) in [7, 11) is 0. The van der Waals surface area contributed by atoms with Crippen molar-refractivity contribution >= 4 is 40.7 Å². The van der Waals surface area contributed by atoms with E-state index in [1.807, 2.05) is 0 Å². The van der Waals surface area contributed by atoms with Crippen LogP contribution in [-0.4, -0.2) is 54.6 Å². The molecule has 31 heavy (non-hydrogen) atoms. The largest absolute Gasteiger partial charge is 0.486 e. The number of benzene rings is 2. The fourth-order valence-electron chi connectivity index (χ4n) is 3.68. The van der Waals surface area contributed by atoms with Gasteiger partial charge < -0.3 is 14.8 Å². The Morgan fingerprint density at radius 3 is 2.68 bits per heavy atom. The van der Waals surface area contributed by atoms with Crippen LogP contribution in [-0.2, 0) is 14.4 Å². The van der Waals surface area contributed by atoms with Gasteiger partial charge in [-0.25, -0.2) is 4.90 Å². The Kier molecular flexibility index (Phi) is 4.70. The van der Waals surface area contributed by atoms with Crippen molar-refractivity contribution in [2.75, 3.05) is 30.0 Å². The first-order valence-electron chi connectivity index (χ1n) is 9.52. The molecule has 3 amide bonds. The van der Waals surface area contributed by atoms with Crippen LogP contribution in [0.4, 0.5) is 11.4 Å². The summed E-state index contributed by atoms with van der Waals surface area (Å²) in [5, 5.41) is 12.1. The van der Waals surface area contributed by atoms with Crippen LogP contribution in [0.1, 0.15) is 0 Å². The number of fused-ring (bicyclic) bond motifs is 2. The molecule has 0 radical (unpaired) electrons. The van der Waals surface area contributed by atoms with Gasteiger partial charge >= 0.3 is 0 Å². The number of halogens is 1. The maximum atomic E-state index is 13.1. The Hall–Kier alpha value is -3.66. The van der Waals surface area contributed by atoms with E-state index in [1.54, 1.807) is 42.5 Å². The first-order chi connectivity index (χ1) is 15.0. The summed E-state index contributed by atoms with van der Waals surface area (Å²) in [5.74, 6) is -0.455. The van der Waals surface area contributed by atoms with Crippen LogP contribution in [0.2, 0.25) is 5.02 Å². The third-order valence-corrected chi connectivity index (χ3v) is 5.42. The summed E-state index contributed by atoms with van der Waals surface area (Å²) < 4.78 is 11.0. The van der Waals surface area contributed by atoms with Crippen LogP contribution < -0.4 is 19.7 Å². The van der Waals surface area contributed by atoms with Crippen molar-refractivity contribution in [2.45, 2.75) is 12.1 Å². The Labute approximate surface area is 181 Å². The zero-order valence-corrected chi connectivity index (χ0v) is 16.8. The van der Waals surface area contributed by atoms with Gasteiger partial charge in [-0.2, -0.15) is 5.11 Å². The smallest absolute Gasteiger partial charge is 0.263 e. The Morgan fingerprint density at radius 1 is 1.10 bits per heavy atom. The molecule has 0 aromatic heterocycles. The summed E-state index contributed by atoms with van der Waals surface area (Å²) in [6, 6.07) is 9.62. The third kappa shape index (κ3) is 3.34. The van der Waals surface area contributed by atoms with Gasteiger partial charge in [-0.1, -0.05) is 29.0 Å². The molecule has 5 rings (SSSR count). The maximum Gasteiger partial charge on any atom is 0.263 e. The molecule has 0 spiro atoms. The van der Waals surface area contributed by atoms with Gasteiger partial charge in [0.25, 0.3) is 11.8 Å².